The number of unbranched alkanes of at least 4 members (excludes halogenated alkanes) is 1. The summed E-state index contributed by atoms with van der Waals surface area (Å²) in [5.41, 5.74) is 1.52. The van der Waals surface area contributed by atoms with Crippen LogP contribution in [0, 0.1) is 0 Å². The summed E-state index contributed by atoms with van der Waals surface area (Å²) in [5, 5.41) is 9.61. The summed E-state index contributed by atoms with van der Waals surface area (Å²) in [7, 11) is 0. The number of fused-ring (bicyclic) bond motifs is 1. The topological polar surface area (TPSA) is 65.0 Å². The second kappa shape index (κ2) is 7.75. The maximum absolute atomic E-state index is 11.7. The third-order valence-corrected chi connectivity index (χ3v) is 3.85. The average Bonchev–Trinajstić information content (AvgIpc) is 3.08. The molecule has 0 fully saturated rings. The van der Waals surface area contributed by atoms with E-state index >= 15 is 0 Å². The molecule has 1 N–H and O–H groups in total. The molecule has 3 rings (SSSR count). The van der Waals surface area contributed by atoms with Crippen molar-refractivity contribution in [1.82, 2.24) is 0 Å². The molecule has 1 heterocycles. The number of benzene rings is 2. The van der Waals surface area contributed by atoms with Crippen LogP contribution in [0.1, 0.15) is 30.9 Å². The second-order valence-corrected chi connectivity index (χ2v) is 5.71. The molecule has 0 amide bonds. The number of ether oxygens (including phenoxy) is 3. The highest BCUT2D eigenvalue weighted by atomic mass is 16.7. The molecule has 0 saturated carbocycles. The standard InChI is InChI=1S/C20H20O5/c1-2-3-9-23-16-6-4-5-14(10-16)11-17(20(21)22)15-7-8-18-19(12-15)25-13-24-18/h4-8,10-12H,2-3,9,13H2,1H3,(H,21,22)/b17-11-. The molecule has 0 atom stereocenters. The number of aliphatic carboxylic acids is 1. The highest BCUT2D eigenvalue weighted by molar-refractivity contribution is 6.20. The highest BCUT2D eigenvalue weighted by Gasteiger charge is 2.17. The fourth-order valence-electron chi connectivity index (χ4n) is 2.53. The van der Waals surface area contributed by atoms with Crippen LogP contribution in [0.15, 0.2) is 42.5 Å². The zero-order chi connectivity index (χ0) is 17.6. The van der Waals surface area contributed by atoms with Gasteiger partial charge in [0.05, 0.1) is 12.2 Å². The Hall–Kier alpha value is -2.95. The summed E-state index contributed by atoms with van der Waals surface area (Å²) in [6.07, 6.45) is 3.68. The lowest BCUT2D eigenvalue weighted by Gasteiger charge is -2.07. The molecule has 2 aromatic rings. The molecular weight excluding hydrogens is 320 g/mol. The predicted octanol–water partition coefficient (Wildman–Crippen LogP) is 4.22. The number of carbonyl (C=O) groups is 1. The zero-order valence-corrected chi connectivity index (χ0v) is 14.0. The summed E-state index contributed by atoms with van der Waals surface area (Å²) >= 11 is 0. The monoisotopic (exact) mass is 340 g/mol. The number of hydrogen-bond acceptors (Lipinski definition) is 4. The van der Waals surface area contributed by atoms with Crippen LogP contribution in [-0.4, -0.2) is 24.5 Å². The highest BCUT2D eigenvalue weighted by Crippen LogP contribution is 2.35. The molecule has 130 valence electrons. The lowest BCUT2D eigenvalue weighted by Crippen LogP contribution is -2.00. The first kappa shape index (κ1) is 16.9. The van der Waals surface area contributed by atoms with E-state index in [1.165, 1.54) is 0 Å². The van der Waals surface area contributed by atoms with E-state index in [0.717, 1.165) is 24.2 Å². The van der Waals surface area contributed by atoms with E-state index in [-0.39, 0.29) is 12.4 Å². The average molecular weight is 340 g/mol. The van der Waals surface area contributed by atoms with Crippen molar-refractivity contribution in [1.29, 1.82) is 0 Å². The molecule has 1 aliphatic rings. The van der Waals surface area contributed by atoms with E-state index in [0.29, 0.717) is 23.7 Å². The van der Waals surface area contributed by atoms with Crippen molar-refractivity contribution in [2.45, 2.75) is 19.8 Å². The van der Waals surface area contributed by atoms with Crippen LogP contribution in [0.2, 0.25) is 0 Å². The number of rotatable bonds is 7. The Labute approximate surface area is 146 Å². The maximum Gasteiger partial charge on any atom is 0.336 e. The molecule has 0 bridgehead atoms. The lowest BCUT2D eigenvalue weighted by atomic mass is 10.0. The summed E-state index contributed by atoms with van der Waals surface area (Å²) < 4.78 is 16.3. The van der Waals surface area contributed by atoms with E-state index in [1.807, 2.05) is 24.3 Å². The Morgan fingerprint density at radius 3 is 2.84 bits per heavy atom. The summed E-state index contributed by atoms with van der Waals surface area (Å²) in [5.74, 6) is 0.912. The van der Waals surface area contributed by atoms with Crippen molar-refractivity contribution in [3.63, 3.8) is 0 Å². The van der Waals surface area contributed by atoms with Crippen LogP contribution in [0.3, 0.4) is 0 Å². The minimum Gasteiger partial charge on any atom is -0.494 e. The summed E-state index contributed by atoms with van der Waals surface area (Å²) in [6.45, 7) is 2.91. The normalized spacial score (nSPS) is 12.9. The molecule has 0 saturated heterocycles. The minimum atomic E-state index is -1.00. The van der Waals surface area contributed by atoms with Gasteiger partial charge in [0.2, 0.25) is 6.79 Å². The third-order valence-electron chi connectivity index (χ3n) is 3.85. The van der Waals surface area contributed by atoms with Crippen LogP contribution in [-0.2, 0) is 4.79 Å². The summed E-state index contributed by atoms with van der Waals surface area (Å²) in [6, 6.07) is 12.5. The first-order valence-electron chi connectivity index (χ1n) is 8.25. The quantitative estimate of drug-likeness (QED) is 0.464. The minimum absolute atomic E-state index is 0.155. The summed E-state index contributed by atoms with van der Waals surface area (Å²) in [4.78, 5) is 11.7. The van der Waals surface area contributed by atoms with Crippen LogP contribution >= 0.6 is 0 Å². The van der Waals surface area contributed by atoms with E-state index in [1.54, 1.807) is 24.3 Å². The van der Waals surface area contributed by atoms with E-state index in [4.69, 9.17) is 14.2 Å². The molecule has 0 spiro atoms. The van der Waals surface area contributed by atoms with Crippen LogP contribution in [0.4, 0.5) is 0 Å². The van der Waals surface area contributed by atoms with Gasteiger partial charge in [-0.3, -0.25) is 0 Å². The van der Waals surface area contributed by atoms with Gasteiger partial charge in [-0.2, -0.15) is 0 Å². The number of carboxylic acid groups (broad SMARTS) is 1. The Morgan fingerprint density at radius 1 is 1.20 bits per heavy atom. The number of hydrogen-bond donors (Lipinski definition) is 1. The van der Waals surface area contributed by atoms with Gasteiger partial charge < -0.3 is 19.3 Å². The smallest absolute Gasteiger partial charge is 0.336 e. The molecule has 0 radical (unpaired) electrons. The largest absolute Gasteiger partial charge is 0.494 e. The Kier molecular flexibility index (Phi) is 5.23. The Bertz CT molecular complexity index is 794. The van der Waals surface area contributed by atoms with Gasteiger partial charge in [-0.05, 0) is 47.9 Å². The van der Waals surface area contributed by atoms with Crippen molar-refractivity contribution in [2.24, 2.45) is 0 Å². The molecular formula is C20H20O5. The maximum atomic E-state index is 11.7. The zero-order valence-electron chi connectivity index (χ0n) is 14.0. The van der Waals surface area contributed by atoms with Gasteiger partial charge >= 0.3 is 5.97 Å². The van der Waals surface area contributed by atoms with Crippen molar-refractivity contribution < 1.29 is 24.1 Å². The Balaban J connectivity index is 1.88. The van der Waals surface area contributed by atoms with Gasteiger partial charge in [0.25, 0.3) is 0 Å². The van der Waals surface area contributed by atoms with Gasteiger partial charge in [-0.1, -0.05) is 31.5 Å². The van der Waals surface area contributed by atoms with Gasteiger partial charge in [0.1, 0.15) is 5.75 Å². The lowest BCUT2D eigenvalue weighted by molar-refractivity contribution is -0.130. The molecule has 5 heteroatoms. The van der Waals surface area contributed by atoms with E-state index < -0.39 is 5.97 Å². The van der Waals surface area contributed by atoms with Gasteiger partial charge in [-0.25, -0.2) is 4.79 Å². The molecule has 5 nitrogen and oxygen atoms in total. The predicted molar refractivity (Wildman–Crippen MR) is 94.9 cm³/mol. The van der Waals surface area contributed by atoms with Crippen molar-refractivity contribution in [2.75, 3.05) is 13.4 Å². The molecule has 0 unspecified atom stereocenters. The first-order chi connectivity index (χ1) is 12.2. The first-order valence-corrected chi connectivity index (χ1v) is 8.25. The molecule has 2 aromatic carbocycles. The van der Waals surface area contributed by atoms with Crippen molar-refractivity contribution in [3.05, 3.63) is 53.6 Å². The third kappa shape index (κ3) is 4.12. The van der Waals surface area contributed by atoms with E-state index in [2.05, 4.69) is 6.92 Å². The van der Waals surface area contributed by atoms with Crippen molar-refractivity contribution in [3.8, 4) is 17.2 Å². The second-order valence-electron chi connectivity index (χ2n) is 5.71. The Morgan fingerprint density at radius 2 is 2.04 bits per heavy atom. The van der Waals surface area contributed by atoms with Crippen molar-refractivity contribution >= 4 is 17.6 Å². The molecule has 1 aliphatic heterocycles. The fourth-order valence-corrected chi connectivity index (χ4v) is 2.53. The van der Waals surface area contributed by atoms with Gasteiger partial charge in [0.15, 0.2) is 11.5 Å². The molecule has 0 aromatic heterocycles. The van der Waals surface area contributed by atoms with Gasteiger partial charge in [0, 0.05) is 0 Å². The fraction of sp³-hybridized carbons (Fsp3) is 0.250. The van der Waals surface area contributed by atoms with Crippen LogP contribution < -0.4 is 14.2 Å². The molecule has 25 heavy (non-hydrogen) atoms. The van der Waals surface area contributed by atoms with Gasteiger partial charge in [-0.15, -0.1) is 0 Å². The SMILES string of the molecule is CCCCOc1cccc(/C=C(\C(=O)O)c2ccc3c(c2)OCO3)c1. The number of carboxylic acids is 1. The molecule has 0 aliphatic carbocycles. The van der Waals surface area contributed by atoms with Crippen LogP contribution in [0.5, 0.6) is 17.2 Å². The van der Waals surface area contributed by atoms with Crippen LogP contribution in [0.25, 0.3) is 11.6 Å². The van der Waals surface area contributed by atoms with E-state index in [9.17, 15) is 9.90 Å².